The number of H-pyrrole nitrogens is 1. The van der Waals surface area contributed by atoms with Crippen LogP contribution in [0.25, 0.3) is 6.08 Å². The molecule has 1 heterocycles. The Morgan fingerprint density at radius 3 is 3.17 bits per heavy atom. The number of likely N-dealkylation sites (N-methyl/N-ethyl adjacent to an activating group) is 1. The molecule has 0 aliphatic rings. The van der Waals surface area contributed by atoms with Gasteiger partial charge in [-0.1, -0.05) is 12.2 Å². The summed E-state index contributed by atoms with van der Waals surface area (Å²) in [4.78, 5) is 13.7. The molecule has 0 saturated heterocycles. The highest BCUT2D eigenvalue weighted by Gasteiger charge is 1.89. The Labute approximate surface area is 71.1 Å². The topological polar surface area (TPSA) is 44.9 Å². The molecule has 0 aliphatic heterocycles. The van der Waals surface area contributed by atoms with Gasteiger partial charge in [0.25, 0.3) is 5.56 Å². The van der Waals surface area contributed by atoms with Crippen molar-refractivity contribution in [1.29, 1.82) is 0 Å². The summed E-state index contributed by atoms with van der Waals surface area (Å²) in [7, 11) is 1.86. The molecule has 0 spiro atoms. The van der Waals surface area contributed by atoms with Crippen LogP contribution in [0, 0.1) is 0 Å². The van der Waals surface area contributed by atoms with Crippen LogP contribution in [0.5, 0.6) is 0 Å². The molecule has 12 heavy (non-hydrogen) atoms. The van der Waals surface area contributed by atoms with E-state index in [1.54, 1.807) is 24.4 Å². The first-order valence-corrected chi connectivity index (χ1v) is 3.83. The summed E-state index contributed by atoms with van der Waals surface area (Å²) in [6.07, 6.45) is 5.33. The Balaban J connectivity index is 2.76. The van der Waals surface area contributed by atoms with Gasteiger partial charge in [-0.05, 0) is 19.2 Å². The summed E-state index contributed by atoms with van der Waals surface area (Å²) in [6, 6.07) is 3.59. The van der Waals surface area contributed by atoms with Crippen LogP contribution in [-0.4, -0.2) is 18.6 Å². The smallest absolute Gasteiger partial charge is 0.255 e. The molecule has 0 radical (unpaired) electrons. The number of aromatic nitrogens is 1. The quantitative estimate of drug-likeness (QED) is 0.687. The minimum Gasteiger partial charge on any atom is -0.329 e. The predicted molar refractivity (Wildman–Crippen MR) is 50.0 cm³/mol. The zero-order valence-corrected chi connectivity index (χ0v) is 7.00. The van der Waals surface area contributed by atoms with Gasteiger partial charge < -0.3 is 10.3 Å². The van der Waals surface area contributed by atoms with E-state index in [-0.39, 0.29) is 5.56 Å². The van der Waals surface area contributed by atoms with Gasteiger partial charge in [-0.25, -0.2) is 0 Å². The van der Waals surface area contributed by atoms with Crippen LogP contribution in [0.4, 0.5) is 0 Å². The number of pyridine rings is 1. The van der Waals surface area contributed by atoms with Crippen LogP contribution in [0.15, 0.2) is 29.2 Å². The molecule has 0 unspecified atom stereocenters. The lowest BCUT2D eigenvalue weighted by atomic mass is 10.2. The second-order valence-corrected chi connectivity index (χ2v) is 2.41. The normalized spacial score (nSPS) is 10.8. The maximum Gasteiger partial charge on any atom is 0.255 e. The summed E-state index contributed by atoms with van der Waals surface area (Å²) in [5.41, 5.74) is 0.637. The minimum absolute atomic E-state index is 0.0511. The highest BCUT2D eigenvalue weighted by Crippen LogP contribution is 1.91. The minimum atomic E-state index is -0.0511. The van der Waals surface area contributed by atoms with Gasteiger partial charge in [-0.3, -0.25) is 4.79 Å². The van der Waals surface area contributed by atoms with Crippen molar-refractivity contribution >= 4 is 6.08 Å². The summed E-state index contributed by atoms with van der Waals surface area (Å²) in [5.74, 6) is 0. The van der Waals surface area contributed by atoms with E-state index in [9.17, 15) is 4.79 Å². The Kier molecular flexibility index (Phi) is 3.29. The zero-order valence-electron chi connectivity index (χ0n) is 7.00. The molecule has 0 saturated carbocycles. The average Bonchev–Trinajstić information content (AvgIpc) is 2.09. The van der Waals surface area contributed by atoms with Gasteiger partial charge in [0, 0.05) is 18.3 Å². The maximum absolute atomic E-state index is 11.1. The van der Waals surface area contributed by atoms with Crippen LogP contribution < -0.4 is 10.9 Å². The van der Waals surface area contributed by atoms with Gasteiger partial charge in [-0.2, -0.15) is 0 Å². The largest absolute Gasteiger partial charge is 0.329 e. The van der Waals surface area contributed by atoms with Crippen molar-refractivity contribution < 1.29 is 0 Å². The molecule has 1 aromatic heterocycles. The fourth-order valence-corrected chi connectivity index (χ4v) is 0.870. The van der Waals surface area contributed by atoms with Gasteiger partial charge in [0.1, 0.15) is 0 Å². The third kappa shape index (κ3) is 2.36. The molecule has 0 fully saturated rings. The van der Waals surface area contributed by atoms with Crippen molar-refractivity contribution in [3.8, 4) is 0 Å². The lowest BCUT2D eigenvalue weighted by molar-refractivity contribution is 0.922. The number of nitrogens with one attached hydrogen (secondary N) is 2. The Morgan fingerprint density at radius 2 is 2.50 bits per heavy atom. The lowest BCUT2D eigenvalue weighted by Gasteiger charge is -1.90. The fourth-order valence-electron chi connectivity index (χ4n) is 0.870. The molecule has 1 rings (SSSR count). The van der Waals surface area contributed by atoms with Crippen LogP contribution in [0.2, 0.25) is 0 Å². The molecule has 0 amide bonds. The van der Waals surface area contributed by atoms with Crippen molar-refractivity contribution in [1.82, 2.24) is 10.3 Å². The summed E-state index contributed by atoms with van der Waals surface area (Å²) in [5, 5.41) is 2.96. The second kappa shape index (κ2) is 4.51. The molecule has 64 valence electrons. The van der Waals surface area contributed by atoms with Crippen molar-refractivity contribution in [2.45, 2.75) is 0 Å². The van der Waals surface area contributed by atoms with Crippen LogP contribution in [0.1, 0.15) is 5.56 Å². The molecule has 3 heteroatoms. The molecular formula is C9H12N2O. The summed E-state index contributed by atoms with van der Waals surface area (Å²) < 4.78 is 0. The third-order valence-electron chi connectivity index (χ3n) is 1.47. The SMILES string of the molecule is CNCC=Cc1ccc[nH]c1=O. The van der Waals surface area contributed by atoms with Gasteiger partial charge in [0.15, 0.2) is 0 Å². The molecular weight excluding hydrogens is 152 g/mol. The monoisotopic (exact) mass is 164 g/mol. The molecule has 0 atom stereocenters. The Hall–Kier alpha value is -1.35. The van der Waals surface area contributed by atoms with E-state index in [1.807, 2.05) is 13.1 Å². The molecule has 1 aromatic rings. The van der Waals surface area contributed by atoms with Crippen molar-refractivity contribution in [3.05, 3.63) is 40.3 Å². The molecule has 2 N–H and O–H groups in total. The van der Waals surface area contributed by atoms with Gasteiger partial charge in [0.2, 0.25) is 0 Å². The van der Waals surface area contributed by atoms with Gasteiger partial charge in [-0.15, -0.1) is 0 Å². The summed E-state index contributed by atoms with van der Waals surface area (Å²) in [6.45, 7) is 0.772. The highest BCUT2D eigenvalue weighted by molar-refractivity contribution is 5.47. The van der Waals surface area contributed by atoms with E-state index in [0.29, 0.717) is 5.56 Å². The molecule has 0 aromatic carbocycles. The van der Waals surface area contributed by atoms with E-state index in [1.165, 1.54) is 0 Å². The zero-order chi connectivity index (χ0) is 8.81. The van der Waals surface area contributed by atoms with Crippen LogP contribution in [-0.2, 0) is 0 Å². The molecule has 0 aliphatic carbocycles. The number of hydrogen-bond acceptors (Lipinski definition) is 2. The van der Waals surface area contributed by atoms with E-state index in [0.717, 1.165) is 6.54 Å². The van der Waals surface area contributed by atoms with Crippen LogP contribution >= 0.6 is 0 Å². The van der Waals surface area contributed by atoms with E-state index in [2.05, 4.69) is 10.3 Å². The predicted octanol–water partition coefficient (Wildman–Crippen LogP) is 0.608. The lowest BCUT2D eigenvalue weighted by Crippen LogP contribution is -2.08. The first-order valence-electron chi connectivity index (χ1n) is 3.83. The third-order valence-corrected chi connectivity index (χ3v) is 1.47. The fraction of sp³-hybridized carbons (Fsp3) is 0.222. The van der Waals surface area contributed by atoms with E-state index >= 15 is 0 Å². The number of rotatable bonds is 3. The highest BCUT2D eigenvalue weighted by atomic mass is 16.1. The van der Waals surface area contributed by atoms with Crippen molar-refractivity contribution in [2.24, 2.45) is 0 Å². The molecule has 0 bridgehead atoms. The second-order valence-electron chi connectivity index (χ2n) is 2.41. The van der Waals surface area contributed by atoms with E-state index in [4.69, 9.17) is 0 Å². The van der Waals surface area contributed by atoms with Crippen LogP contribution in [0.3, 0.4) is 0 Å². The first-order chi connectivity index (χ1) is 5.84. The van der Waals surface area contributed by atoms with E-state index < -0.39 is 0 Å². The summed E-state index contributed by atoms with van der Waals surface area (Å²) >= 11 is 0. The maximum atomic E-state index is 11.1. The number of hydrogen-bond donors (Lipinski definition) is 2. The van der Waals surface area contributed by atoms with Gasteiger partial charge in [0.05, 0.1) is 0 Å². The average molecular weight is 164 g/mol. The van der Waals surface area contributed by atoms with Crippen molar-refractivity contribution in [3.63, 3.8) is 0 Å². The number of aromatic amines is 1. The Morgan fingerprint density at radius 1 is 1.67 bits per heavy atom. The standard InChI is InChI=1S/C9H12N2O/c1-10-6-2-4-8-5-3-7-11-9(8)12/h2-5,7,10H,6H2,1H3,(H,11,12). The van der Waals surface area contributed by atoms with Gasteiger partial charge >= 0.3 is 0 Å². The van der Waals surface area contributed by atoms with Crippen molar-refractivity contribution in [2.75, 3.05) is 13.6 Å². The molecule has 3 nitrogen and oxygen atoms in total. The Bertz CT molecular complexity index is 314. The first kappa shape index (κ1) is 8.74.